The van der Waals surface area contributed by atoms with E-state index in [2.05, 4.69) is 10.3 Å². The number of anilines is 1. The summed E-state index contributed by atoms with van der Waals surface area (Å²) in [6.45, 7) is 1.66. The lowest BCUT2D eigenvalue weighted by atomic mass is 10.2. The normalized spacial score (nSPS) is 9.95. The van der Waals surface area contributed by atoms with Gasteiger partial charge < -0.3 is 15.2 Å². The topological polar surface area (TPSA) is 88.5 Å². The number of nitrogens with zero attached hydrogens (tertiary/aromatic N) is 1. The van der Waals surface area contributed by atoms with Gasteiger partial charge in [0.15, 0.2) is 6.61 Å². The Bertz CT molecular complexity index is 670. The van der Waals surface area contributed by atoms with Gasteiger partial charge in [-0.25, -0.2) is 4.79 Å². The Morgan fingerprint density at radius 1 is 1.29 bits per heavy atom. The van der Waals surface area contributed by atoms with Gasteiger partial charge in [-0.05, 0) is 24.6 Å². The molecule has 21 heavy (non-hydrogen) atoms. The van der Waals surface area contributed by atoms with Crippen molar-refractivity contribution in [2.75, 3.05) is 11.9 Å². The number of aryl methyl sites for hydroxylation is 1. The van der Waals surface area contributed by atoms with Gasteiger partial charge in [0, 0.05) is 6.20 Å². The average molecular weight is 286 g/mol. The largest absolute Gasteiger partial charge is 0.483 e. The number of ether oxygens (including phenoxy) is 1. The van der Waals surface area contributed by atoms with Crippen molar-refractivity contribution in [2.45, 2.75) is 6.92 Å². The summed E-state index contributed by atoms with van der Waals surface area (Å²) in [6, 6.07) is 8.63. The fourth-order valence-electron chi connectivity index (χ4n) is 1.73. The van der Waals surface area contributed by atoms with Crippen molar-refractivity contribution >= 4 is 17.6 Å². The first-order valence-electron chi connectivity index (χ1n) is 6.23. The molecular formula is C15H14N2O4. The van der Waals surface area contributed by atoms with Crippen LogP contribution in [0.3, 0.4) is 0 Å². The van der Waals surface area contributed by atoms with Crippen LogP contribution in [-0.2, 0) is 4.79 Å². The molecule has 0 spiro atoms. The lowest BCUT2D eigenvalue weighted by Gasteiger charge is -2.10. The Hall–Kier alpha value is -2.89. The van der Waals surface area contributed by atoms with Crippen LogP contribution in [0, 0.1) is 6.92 Å². The minimum absolute atomic E-state index is 0.0192. The second-order valence-corrected chi connectivity index (χ2v) is 4.33. The van der Waals surface area contributed by atoms with Gasteiger partial charge in [-0.3, -0.25) is 9.78 Å². The standard InChI is InChI=1S/C15H14N2O4/c1-10-4-2-3-5-13(10)21-9-14(18)17-12-8-16-7-6-11(12)15(19)20/h2-8H,9H2,1H3,(H,17,18)(H,19,20). The fraction of sp³-hybridized carbons (Fsp3) is 0.133. The molecule has 6 heteroatoms. The smallest absolute Gasteiger partial charge is 0.337 e. The van der Waals surface area contributed by atoms with Crippen LogP contribution in [0.1, 0.15) is 15.9 Å². The number of amides is 1. The molecule has 2 aromatic rings. The molecular weight excluding hydrogens is 272 g/mol. The van der Waals surface area contributed by atoms with Crippen molar-refractivity contribution in [3.8, 4) is 5.75 Å². The summed E-state index contributed by atoms with van der Waals surface area (Å²) in [7, 11) is 0. The van der Waals surface area contributed by atoms with E-state index in [-0.39, 0.29) is 17.9 Å². The summed E-state index contributed by atoms with van der Waals surface area (Å²) < 4.78 is 5.39. The van der Waals surface area contributed by atoms with Crippen molar-refractivity contribution in [2.24, 2.45) is 0 Å². The lowest BCUT2D eigenvalue weighted by Crippen LogP contribution is -2.21. The molecule has 108 valence electrons. The summed E-state index contributed by atoms with van der Waals surface area (Å²) >= 11 is 0. The second-order valence-electron chi connectivity index (χ2n) is 4.33. The average Bonchev–Trinajstić information content (AvgIpc) is 2.47. The Kier molecular flexibility index (Phi) is 4.50. The number of benzene rings is 1. The number of rotatable bonds is 5. The SMILES string of the molecule is Cc1ccccc1OCC(=O)Nc1cnccc1C(=O)O. The van der Waals surface area contributed by atoms with Crippen molar-refractivity contribution in [1.29, 1.82) is 0 Å². The van der Waals surface area contributed by atoms with Crippen LogP contribution in [0.25, 0.3) is 0 Å². The first-order valence-corrected chi connectivity index (χ1v) is 6.23. The van der Waals surface area contributed by atoms with Gasteiger partial charge in [0.05, 0.1) is 17.4 Å². The summed E-state index contributed by atoms with van der Waals surface area (Å²) in [5, 5.41) is 11.5. The molecule has 0 bridgehead atoms. The minimum atomic E-state index is -1.13. The summed E-state index contributed by atoms with van der Waals surface area (Å²) in [6.07, 6.45) is 2.64. The molecule has 0 radical (unpaired) electrons. The van der Waals surface area contributed by atoms with E-state index in [1.165, 1.54) is 18.5 Å². The molecule has 0 atom stereocenters. The number of para-hydroxylation sites is 1. The third kappa shape index (κ3) is 3.79. The van der Waals surface area contributed by atoms with Crippen LogP contribution in [-0.4, -0.2) is 28.6 Å². The highest BCUT2D eigenvalue weighted by molar-refractivity contribution is 6.00. The molecule has 0 aliphatic rings. The number of carbonyl (C=O) groups is 2. The number of hydrogen-bond acceptors (Lipinski definition) is 4. The second kappa shape index (κ2) is 6.51. The summed E-state index contributed by atoms with van der Waals surface area (Å²) in [4.78, 5) is 26.6. The minimum Gasteiger partial charge on any atom is -0.483 e. The fourth-order valence-corrected chi connectivity index (χ4v) is 1.73. The van der Waals surface area contributed by atoms with E-state index in [4.69, 9.17) is 9.84 Å². The van der Waals surface area contributed by atoms with Gasteiger partial charge in [-0.1, -0.05) is 18.2 Å². The van der Waals surface area contributed by atoms with Crippen molar-refractivity contribution < 1.29 is 19.4 Å². The predicted molar refractivity (Wildman–Crippen MR) is 76.5 cm³/mol. The van der Waals surface area contributed by atoms with Gasteiger partial charge in [-0.2, -0.15) is 0 Å². The molecule has 2 rings (SSSR count). The van der Waals surface area contributed by atoms with Gasteiger partial charge >= 0.3 is 5.97 Å². The maximum atomic E-state index is 11.8. The molecule has 0 aliphatic heterocycles. The number of aromatic nitrogens is 1. The van der Waals surface area contributed by atoms with Crippen LogP contribution in [0.4, 0.5) is 5.69 Å². The Balaban J connectivity index is 2.00. The third-order valence-electron chi connectivity index (χ3n) is 2.78. The third-order valence-corrected chi connectivity index (χ3v) is 2.78. The quantitative estimate of drug-likeness (QED) is 0.878. The molecule has 1 heterocycles. The van der Waals surface area contributed by atoms with Crippen LogP contribution in [0.5, 0.6) is 5.75 Å². The molecule has 0 fully saturated rings. The predicted octanol–water partition coefficient (Wildman–Crippen LogP) is 2.11. The van der Waals surface area contributed by atoms with Crippen LogP contribution >= 0.6 is 0 Å². The Morgan fingerprint density at radius 3 is 2.76 bits per heavy atom. The molecule has 1 aromatic heterocycles. The Morgan fingerprint density at radius 2 is 2.05 bits per heavy atom. The molecule has 0 saturated heterocycles. The van der Waals surface area contributed by atoms with E-state index in [9.17, 15) is 9.59 Å². The summed E-state index contributed by atoms with van der Waals surface area (Å²) in [5.41, 5.74) is 1.04. The molecule has 2 N–H and O–H groups in total. The van der Waals surface area contributed by atoms with Crippen LogP contribution in [0.2, 0.25) is 0 Å². The highest BCUT2D eigenvalue weighted by Crippen LogP contribution is 2.17. The Labute approximate surface area is 121 Å². The number of carboxylic acid groups (broad SMARTS) is 1. The van der Waals surface area contributed by atoms with Gasteiger partial charge in [0.25, 0.3) is 5.91 Å². The first-order chi connectivity index (χ1) is 10.1. The van der Waals surface area contributed by atoms with Gasteiger partial charge in [0.2, 0.25) is 0 Å². The van der Waals surface area contributed by atoms with E-state index >= 15 is 0 Å². The number of nitrogens with one attached hydrogen (secondary N) is 1. The maximum absolute atomic E-state index is 11.8. The molecule has 6 nitrogen and oxygen atoms in total. The van der Waals surface area contributed by atoms with E-state index in [1.54, 1.807) is 6.07 Å². The highest BCUT2D eigenvalue weighted by Gasteiger charge is 2.12. The molecule has 0 saturated carbocycles. The van der Waals surface area contributed by atoms with Crippen LogP contribution < -0.4 is 10.1 Å². The van der Waals surface area contributed by atoms with Crippen molar-refractivity contribution in [3.05, 3.63) is 53.9 Å². The summed E-state index contributed by atoms with van der Waals surface area (Å²) in [5.74, 6) is -0.974. The van der Waals surface area contributed by atoms with Gasteiger partial charge in [0.1, 0.15) is 5.75 Å². The number of carboxylic acids is 1. The molecule has 0 aliphatic carbocycles. The van der Waals surface area contributed by atoms with E-state index in [0.717, 1.165) is 5.56 Å². The maximum Gasteiger partial charge on any atom is 0.337 e. The number of hydrogen-bond donors (Lipinski definition) is 2. The van der Waals surface area contributed by atoms with E-state index < -0.39 is 11.9 Å². The first kappa shape index (κ1) is 14.5. The zero-order chi connectivity index (χ0) is 15.2. The monoisotopic (exact) mass is 286 g/mol. The number of carbonyl (C=O) groups excluding carboxylic acids is 1. The number of aromatic carboxylic acids is 1. The van der Waals surface area contributed by atoms with Crippen molar-refractivity contribution in [1.82, 2.24) is 4.98 Å². The highest BCUT2D eigenvalue weighted by atomic mass is 16.5. The van der Waals surface area contributed by atoms with E-state index in [1.807, 2.05) is 25.1 Å². The van der Waals surface area contributed by atoms with Gasteiger partial charge in [-0.15, -0.1) is 0 Å². The van der Waals surface area contributed by atoms with E-state index in [0.29, 0.717) is 5.75 Å². The zero-order valence-electron chi connectivity index (χ0n) is 11.4. The van der Waals surface area contributed by atoms with Crippen LogP contribution in [0.15, 0.2) is 42.7 Å². The molecule has 1 aromatic carbocycles. The zero-order valence-corrected chi connectivity index (χ0v) is 11.4. The number of pyridine rings is 1. The molecule has 0 unspecified atom stereocenters. The molecule has 1 amide bonds. The van der Waals surface area contributed by atoms with Crippen molar-refractivity contribution in [3.63, 3.8) is 0 Å². The lowest BCUT2D eigenvalue weighted by molar-refractivity contribution is -0.118.